The SMILES string of the molecule is FC(F)(F)CN1CCC(Nc2ccc3c(c2)CCC3)CC1. The maximum Gasteiger partial charge on any atom is 0.401 e. The summed E-state index contributed by atoms with van der Waals surface area (Å²) in [5.74, 6) is 0. The third kappa shape index (κ3) is 3.90. The highest BCUT2D eigenvalue weighted by molar-refractivity contribution is 5.50. The first kappa shape index (κ1) is 14.7. The summed E-state index contributed by atoms with van der Waals surface area (Å²) in [5.41, 5.74) is 3.99. The number of benzene rings is 1. The Morgan fingerprint density at radius 3 is 2.52 bits per heavy atom. The van der Waals surface area contributed by atoms with Crippen molar-refractivity contribution in [3.8, 4) is 0 Å². The van der Waals surface area contributed by atoms with Crippen LogP contribution < -0.4 is 5.32 Å². The largest absolute Gasteiger partial charge is 0.401 e. The molecule has 0 saturated carbocycles. The molecule has 0 atom stereocenters. The smallest absolute Gasteiger partial charge is 0.382 e. The number of likely N-dealkylation sites (tertiary alicyclic amines) is 1. The maximum atomic E-state index is 12.4. The number of aryl methyl sites for hydroxylation is 2. The van der Waals surface area contributed by atoms with Crippen LogP contribution in [-0.4, -0.2) is 36.8 Å². The normalized spacial score (nSPS) is 20.5. The van der Waals surface area contributed by atoms with Crippen LogP contribution in [0.15, 0.2) is 18.2 Å². The van der Waals surface area contributed by atoms with Crippen molar-refractivity contribution in [1.29, 1.82) is 0 Å². The van der Waals surface area contributed by atoms with Gasteiger partial charge in [0.15, 0.2) is 0 Å². The van der Waals surface area contributed by atoms with Crippen molar-refractivity contribution in [2.24, 2.45) is 0 Å². The van der Waals surface area contributed by atoms with E-state index >= 15 is 0 Å². The Balaban J connectivity index is 1.51. The number of alkyl halides is 3. The van der Waals surface area contributed by atoms with Crippen LogP contribution in [0.3, 0.4) is 0 Å². The van der Waals surface area contributed by atoms with Gasteiger partial charge in [-0.05, 0) is 55.4 Å². The van der Waals surface area contributed by atoms with Crippen molar-refractivity contribution < 1.29 is 13.2 Å². The molecule has 21 heavy (non-hydrogen) atoms. The molecule has 2 nitrogen and oxygen atoms in total. The number of fused-ring (bicyclic) bond motifs is 1. The number of rotatable bonds is 3. The minimum Gasteiger partial charge on any atom is -0.382 e. The Bertz CT molecular complexity index is 491. The van der Waals surface area contributed by atoms with Crippen LogP contribution in [0.2, 0.25) is 0 Å². The van der Waals surface area contributed by atoms with E-state index in [1.165, 1.54) is 28.9 Å². The van der Waals surface area contributed by atoms with Gasteiger partial charge in [-0.3, -0.25) is 4.90 Å². The van der Waals surface area contributed by atoms with E-state index in [-0.39, 0.29) is 6.04 Å². The van der Waals surface area contributed by atoms with Crippen LogP contribution in [0.4, 0.5) is 18.9 Å². The molecule has 1 N–H and O–H groups in total. The number of nitrogens with zero attached hydrogens (tertiary/aromatic N) is 1. The highest BCUT2D eigenvalue weighted by atomic mass is 19.4. The molecule has 1 aromatic rings. The molecule has 3 rings (SSSR count). The first-order valence-corrected chi connectivity index (χ1v) is 7.67. The number of hydrogen-bond donors (Lipinski definition) is 1. The molecule has 1 aromatic carbocycles. The lowest BCUT2D eigenvalue weighted by Gasteiger charge is -2.33. The van der Waals surface area contributed by atoms with E-state index < -0.39 is 12.7 Å². The second-order valence-corrected chi connectivity index (χ2v) is 6.15. The van der Waals surface area contributed by atoms with Gasteiger partial charge in [-0.25, -0.2) is 0 Å². The summed E-state index contributed by atoms with van der Waals surface area (Å²) in [6.07, 6.45) is 1.01. The van der Waals surface area contributed by atoms with Gasteiger partial charge >= 0.3 is 6.18 Å². The summed E-state index contributed by atoms with van der Waals surface area (Å²) in [6, 6.07) is 6.79. The highest BCUT2D eigenvalue weighted by Gasteiger charge is 2.32. The third-order valence-corrected chi connectivity index (χ3v) is 4.46. The van der Waals surface area contributed by atoms with E-state index in [1.807, 2.05) is 0 Å². The summed E-state index contributed by atoms with van der Waals surface area (Å²) >= 11 is 0. The second-order valence-electron chi connectivity index (χ2n) is 6.15. The molecule has 0 aromatic heterocycles. The molecule has 0 amide bonds. The van der Waals surface area contributed by atoms with E-state index in [0.717, 1.165) is 24.9 Å². The van der Waals surface area contributed by atoms with E-state index in [4.69, 9.17) is 0 Å². The Morgan fingerprint density at radius 1 is 1.10 bits per heavy atom. The Labute approximate surface area is 123 Å². The molecule has 1 saturated heterocycles. The van der Waals surface area contributed by atoms with Crippen LogP contribution in [0.5, 0.6) is 0 Å². The fraction of sp³-hybridized carbons (Fsp3) is 0.625. The van der Waals surface area contributed by atoms with Crippen LogP contribution >= 0.6 is 0 Å². The van der Waals surface area contributed by atoms with Gasteiger partial charge in [-0.15, -0.1) is 0 Å². The van der Waals surface area contributed by atoms with Gasteiger partial charge in [-0.2, -0.15) is 13.2 Å². The summed E-state index contributed by atoms with van der Waals surface area (Å²) in [7, 11) is 0. The van der Waals surface area contributed by atoms with Crippen LogP contribution in [0.1, 0.15) is 30.4 Å². The van der Waals surface area contributed by atoms with Crippen LogP contribution in [-0.2, 0) is 12.8 Å². The zero-order chi connectivity index (χ0) is 14.9. The van der Waals surface area contributed by atoms with Gasteiger partial charge in [-0.1, -0.05) is 6.07 Å². The molecule has 0 spiro atoms. The van der Waals surface area contributed by atoms with Crippen molar-refractivity contribution in [1.82, 2.24) is 4.90 Å². The maximum absolute atomic E-state index is 12.4. The molecular weight excluding hydrogens is 277 g/mol. The lowest BCUT2D eigenvalue weighted by Crippen LogP contribution is -2.43. The number of hydrogen-bond acceptors (Lipinski definition) is 2. The molecule has 0 radical (unpaired) electrons. The van der Waals surface area contributed by atoms with Gasteiger partial charge in [0.2, 0.25) is 0 Å². The number of piperidine rings is 1. The topological polar surface area (TPSA) is 15.3 Å². The fourth-order valence-electron chi connectivity index (χ4n) is 3.39. The highest BCUT2D eigenvalue weighted by Crippen LogP contribution is 2.26. The second kappa shape index (κ2) is 5.87. The minimum atomic E-state index is -4.08. The monoisotopic (exact) mass is 298 g/mol. The summed E-state index contributed by atoms with van der Waals surface area (Å²) in [6.45, 7) is 0.253. The summed E-state index contributed by atoms with van der Waals surface area (Å²) < 4.78 is 37.1. The molecule has 0 unspecified atom stereocenters. The van der Waals surface area contributed by atoms with Gasteiger partial charge < -0.3 is 5.32 Å². The fourth-order valence-corrected chi connectivity index (χ4v) is 3.39. The average Bonchev–Trinajstić information content (AvgIpc) is 2.87. The van der Waals surface area contributed by atoms with Gasteiger partial charge in [0, 0.05) is 24.8 Å². The minimum absolute atomic E-state index is 0.286. The van der Waals surface area contributed by atoms with Crippen LogP contribution in [0, 0.1) is 0 Å². The lowest BCUT2D eigenvalue weighted by molar-refractivity contribution is -0.147. The van der Waals surface area contributed by atoms with Crippen molar-refractivity contribution in [2.45, 2.75) is 44.3 Å². The van der Waals surface area contributed by atoms with Crippen molar-refractivity contribution >= 4 is 5.69 Å². The number of halogens is 3. The van der Waals surface area contributed by atoms with Gasteiger partial charge in [0.1, 0.15) is 0 Å². The van der Waals surface area contributed by atoms with E-state index in [9.17, 15) is 13.2 Å². The molecular formula is C16H21F3N2. The molecule has 5 heteroatoms. The van der Waals surface area contributed by atoms with E-state index in [1.54, 1.807) is 0 Å². The predicted molar refractivity (Wildman–Crippen MR) is 77.6 cm³/mol. The quantitative estimate of drug-likeness (QED) is 0.917. The number of nitrogens with one attached hydrogen (secondary N) is 1. The summed E-state index contributed by atoms with van der Waals surface area (Å²) in [5, 5.41) is 3.49. The molecule has 116 valence electrons. The third-order valence-electron chi connectivity index (χ3n) is 4.46. The van der Waals surface area contributed by atoms with Crippen LogP contribution in [0.25, 0.3) is 0 Å². The van der Waals surface area contributed by atoms with Crippen molar-refractivity contribution in [3.05, 3.63) is 29.3 Å². The molecule has 2 aliphatic rings. The lowest BCUT2D eigenvalue weighted by atomic mass is 10.0. The summed E-state index contributed by atoms with van der Waals surface area (Å²) in [4.78, 5) is 1.50. The molecule has 1 aliphatic heterocycles. The average molecular weight is 298 g/mol. The van der Waals surface area contributed by atoms with Gasteiger partial charge in [0.25, 0.3) is 0 Å². The standard InChI is InChI=1S/C16H21F3N2/c17-16(18,19)11-21-8-6-14(7-9-21)20-15-5-4-12-2-1-3-13(12)10-15/h4-5,10,14,20H,1-3,6-9,11H2. The Hall–Kier alpha value is -1.23. The first-order chi connectivity index (χ1) is 9.99. The number of anilines is 1. The molecule has 0 bridgehead atoms. The Kier molecular flexibility index (Phi) is 4.11. The zero-order valence-corrected chi connectivity index (χ0v) is 12.0. The van der Waals surface area contributed by atoms with E-state index in [0.29, 0.717) is 13.1 Å². The molecule has 1 fully saturated rings. The van der Waals surface area contributed by atoms with Gasteiger partial charge in [0.05, 0.1) is 6.54 Å². The van der Waals surface area contributed by atoms with Crippen molar-refractivity contribution in [3.63, 3.8) is 0 Å². The van der Waals surface area contributed by atoms with Crippen molar-refractivity contribution in [2.75, 3.05) is 25.0 Å². The Morgan fingerprint density at radius 2 is 1.81 bits per heavy atom. The predicted octanol–water partition coefficient (Wildman–Crippen LogP) is 3.61. The molecule has 1 aliphatic carbocycles. The zero-order valence-electron chi connectivity index (χ0n) is 12.0. The first-order valence-electron chi connectivity index (χ1n) is 7.67. The van der Waals surface area contributed by atoms with E-state index in [2.05, 4.69) is 23.5 Å². The molecule has 1 heterocycles.